The van der Waals surface area contributed by atoms with E-state index in [1.165, 1.54) is 4.67 Å². The molecule has 15 heavy (non-hydrogen) atoms. The Hall–Kier alpha value is -0.360. The molecule has 0 bridgehead atoms. The Morgan fingerprint density at radius 3 is 1.80 bits per heavy atom. The Bertz CT molecular complexity index is 274. The Morgan fingerprint density at radius 1 is 1.20 bits per heavy atom. The van der Waals surface area contributed by atoms with E-state index in [0.717, 1.165) is 0 Å². The van der Waals surface area contributed by atoms with Crippen molar-refractivity contribution in [3.8, 4) is 5.81 Å². The molecule has 0 aliphatic carbocycles. The van der Waals surface area contributed by atoms with Crippen molar-refractivity contribution in [2.75, 3.05) is 14.1 Å². The molecule has 0 aromatic rings. The van der Waals surface area contributed by atoms with Crippen LogP contribution in [0.4, 0.5) is 0 Å². The fraction of sp³-hybridized carbons (Fsp3) is 0.900. The van der Waals surface area contributed by atoms with E-state index in [1.54, 1.807) is 19.9 Å². The summed E-state index contributed by atoms with van der Waals surface area (Å²) < 4.78 is 18.9. The molecular formula is C10H21N2O2P. The molecule has 0 saturated carbocycles. The molecule has 0 aliphatic heterocycles. The SMILES string of the molecule is CC(C)C(OP(=O)(C#N)N(C)C)C(C)C. The monoisotopic (exact) mass is 232 g/mol. The lowest BCUT2D eigenvalue weighted by molar-refractivity contribution is 0.101. The molecule has 1 unspecified atom stereocenters. The normalized spacial score (nSPS) is 16.1. The van der Waals surface area contributed by atoms with E-state index in [1.807, 2.05) is 27.7 Å². The molecule has 0 fully saturated rings. The lowest BCUT2D eigenvalue weighted by Crippen LogP contribution is -2.27. The van der Waals surface area contributed by atoms with Crippen LogP contribution in [-0.2, 0) is 9.09 Å². The van der Waals surface area contributed by atoms with Gasteiger partial charge in [0.25, 0.3) is 0 Å². The van der Waals surface area contributed by atoms with E-state index in [-0.39, 0.29) is 17.9 Å². The van der Waals surface area contributed by atoms with Gasteiger partial charge in [-0.15, -0.1) is 0 Å². The lowest BCUT2D eigenvalue weighted by Gasteiger charge is -2.29. The maximum absolute atomic E-state index is 12.0. The van der Waals surface area contributed by atoms with Gasteiger partial charge in [0.2, 0.25) is 0 Å². The van der Waals surface area contributed by atoms with E-state index < -0.39 is 7.52 Å². The molecule has 0 aromatic carbocycles. The zero-order valence-corrected chi connectivity index (χ0v) is 11.3. The first-order valence-electron chi connectivity index (χ1n) is 5.12. The van der Waals surface area contributed by atoms with Gasteiger partial charge in [-0.1, -0.05) is 27.7 Å². The molecule has 0 aliphatic rings. The van der Waals surface area contributed by atoms with Crippen LogP contribution in [0, 0.1) is 22.9 Å². The third-order valence-electron chi connectivity index (χ3n) is 2.23. The standard InChI is InChI=1S/C10H21N2O2P/c1-8(2)10(9(3)4)14-15(13,7-11)12(5)6/h8-10H,1-6H3. The summed E-state index contributed by atoms with van der Waals surface area (Å²) in [7, 11) is -0.0994. The third kappa shape index (κ3) is 3.95. The quantitative estimate of drug-likeness (QED) is 0.684. The van der Waals surface area contributed by atoms with Crippen molar-refractivity contribution < 1.29 is 9.09 Å². The molecule has 0 spiro atoms. The molecule has 0 saturated heterocycles. The van der Waals surface area contributed by atoms with E-state index in [9.17, 15) is 4.57 Å². The maximum Gasteiger partial charge on any atom is 0.370 e. The Kier molecular flexibility index (Phi) is 5.51. The summed E-state index contributed by atoms with van der Waals surface area (Å²) in [6.45, 7) is 8.01. The van der Waals surface area contributed by atoms with Crippen LogP contribution in [0.3, 0.4) is 0 Å². The molecule has 0 N–H and O–H groups in total. The molecule has 5 heteroatoms. The Balaban J connectivity index is 4.82. The van der Waals surface area contributed by atoms with Crippen molar-refractivity contribution in [2.45, 2.75) is 33.8 Å². The first kappa shape index (κ1) is 14.6. The predicted octanol–water partition coefficient (Wildman–Crippen LogP) is 2.92. The maximum atomic E-state index is 12.0. The summed E-state index contributed by atoms with van der Waals surface area (Å²) >= 11 is 0. The Labute approximate surface area is 92.7 Å². The van der Waals surface area contributed by atoms with Crippen molar-refractivity contribution in [2.24, 2.45) is 11.8 Å². The van der Waals surface area contributed by atoms with Gasteiger partial charge >= 0.3 is 7.52 Å². The highest BCUT2D eigenvalue weighted by molar-refractivity contribution is 7.61. The number of hydrogen-bond donors (Lipinski definition) is 0. The number of hydrogen-bond acceptors (Lipinski definition) is 3. The van der Waals surface area contributed by atoms with Crippen molar-refractivity contribution in [3.63, 3.8) is 0 Å². The highest BCUT2D eigenvalue weighted by atomic mass is 31.2. The lowest BCUT2D eigenvalue weighted by atomic mass is 9.97. The first-order chi connectivity index (χ1) is 6.74. The van der Waals surface area contributed by atoms with E-state index >= 15 is 0 Å². The van der Waals surface area contributed by atoms with Gasteiger partial charge in [0.05, 0.1) is 6.10 Å². The van der Waals surface area contributed by atoms with E-state index in [2.05, 4.69) is 0 Å². The zero-order valence-electron chi connectivity index (χ0n) is 10.4. The summed E-state index contributed by atoms with van der Waals surface area (Å²) in [6, 6.07) is 0. The molecule has 0 amide bonds. The molecule has 4 nitrogen and oxygen atoms in total. The second-order valence-electron chi connectivity index (χ2n) is 4.53. The topological polar surface area (TPSA) is 53.3 Å². The average Bonchev–Trinajstić information content (AvgIpc) is 2.12. The summed E-state index contributed by atoms with van der Waals surface area (Å²) in [5, 5.41) is 8.89. The number of rotatable bonds is 5. The summed E-state index contributed by atoms with van der Waals surface area (Å²) in [5.41, 5.74) is 0. The molecule has 0 radical (unpaired) electrons. The third-order valence-corrected chi connectivity index (χ3v) is 4.07. The number of nitriles is 1. The minimum Gasteiger partial charge on any atom is -0.303 e. The van der Waals surface area contributed by atoms with Gasteiger partial charge in [0.15, 0.2) is 5.81 Å². The van der Waals surface area contributed by atoms with Gasteiger partial charge in [0, 0.05) is 0 Å². The summed E-state index contributed by atoms with van der Waals surface area (Å²) in [5.74, 6) is 2.26. The van der Waals surface area contributed by atoms with Gasteiger partial charge in [-0.05, 0) is 25.9 Å². The highest BCUT2D eigenvalue weighted by Crippen LogP contribution is 2.50. The van der Waals surface area contributed by atoms with Crippen LogP contribution in [0.2, 0.25) is 0 Å². The minimum absolute atomic E-state index is 0.155. The zero-order chi connectivity index (χ0) is 12.2. The summed E-state index contributed by atoms with van der Waals surface area (Å²) in [4.78, 5) is 0. The largest absolute Gasteiger partial charge is 0.370 e. The first-order valence-corrected chi connectivity index (χ1v) is 6.70. The predicted molar refractivity (Wildman–Crippen MR) is 61.5 cm³/mol. The fourth-order valence-corrected chi connectivity index (χ4v) is 2.62. The van der Waals surface area contributed by atoms with Gasteiger partial charge in [-0.25, -0.2) is 4.67 Å². The van der Waals surface area contributed by atoms with Crippen LogP contribution in [0.25, 0.3) is 0 Å². The molecule has 0 aromatic heterocycles. The van der Waals surface area contributed by atoms with E-state index in [4.69, 9.17) is 9.79 Å². The van der Waals surface area contributed by atoms with Gasteiger partial charge < -0.3 is 4.52 Å². The van der Waals surface area contributed by atoms with Crippen molar-refractivity contribution in [1.82, 2.24) is 4.67 Å². The Morgan fingerprint density at radius 2 is 1.60 bits per heavy atom. The molecule has 88 valence electrons. The molecular weight excluding hydrogens is 211 g/mol. The number of nitrogens with zero attached hydrogens (tertiary/aromatic N) is 2. The van der Waals surface area contributed by atoms with Gasteiger partial charge in [0.1, 0.15) is 0 Å². The van der Waals surface area contributed by atoms with Crippen LogP contribution in [-0.4, -0.2) is 24.9 Å². The molecule has 0 rings (SSSR count). The summed E-state index contributed by atoms with van der Waals surface area (Å²) in [6.07, 6.45) is -0.155. The highest BCUT2D eigenvalue weighted by Gasteiger charge is 2.32. The van der Waals surface area contributed by atoms with Crippen LogP contribution >= 0.6 is 7.52 Å². The second-order valence-corrected chi connectivity index (χ2v) is 6.78. The smallest absolute Gasteiger partial charge is 0.303 e. The van der Waals surface area contributed by atoms with Crippen LogP contribution in [0.1, 0.15) is 27.7 Å². The second kappa shape index (κ2) is 5.65. The fourth-order valence-electron chi connectivity index (χ4n) is 1.39. The van der Waals surface area contributed by atoms with Crippen LogP contribution in [0.5, 0.6) is 0 Å². The van der Waals surface area contributed by atoms with Crippen LogP contribution < -0.4 is 0 Å². The minimum atomic E-state index is -3.30. The molecule has 1 atom stereocenters. The van der Waals surface area contributed by atoms with Crippen molar-refractivity contribution in [1.29, 1.82) is 5.26 Å². The van der Waals surface area contributed by atoms with Gasteiger partial charge in [-0.3, -0.25) is 4.57 Å². The van der Waals surface area contributed by atoms with Crippen LogP contribution in [0.15, 0.2) is 0 Å². The average molecular weight is 232 g/mol. The molecule has 0 heterocycles. The van der Waals surface area contributed by atoms with Crippen molar-refractivity contribution in [3.05, 3.63) is 0 Å². The van der Waals surface area contributed by atoms with E-state index in [0.29, 0.717) is 0 Å². The van der Waals surface area contributed by atoms with Gasteiger partial charge in [-0.2, -0.15) is 5.26 Å². The van der Waals surface area contributed by atoms with Crippen molar-refractivity contribution >= 4 is 7.52 Å².